The number of carbonyl (C=O) groups excluding carboxylic acids is 1. The fourth-order valence-corrected chi connectivity index (χ4v) is 5.85. The van der Waals surface area contributed by atoms with Crippen molar-refractivity contribution in [3.63, 3.8) is 0 Å². The second-order valence-electron chi connectivity index (χ2n) is 9.21. The van der Waals surface area contributed by atoms with Crippen LogP contribution in [0.5, 0.6) is 0 Å². The van der Waals surface area contributed by atoms with Crippen LogP contribution in [-0.4, -0.2) is 55.2 Å². The number of piperidine rings is 1. The maximum Gasteiger partial charge on any atom is 0.249 e. The molecule has 1 aromatic heterocycles. The van der Waals surface area contributed by atoms with E-state index in [-0.39, 0.29) is 24.0 Å². The summed E-state index contributed by atoms with van der Waals surface area (Å²) in [5.41, 5.74) is 3.52. The maximum atomic E-state index is 13.1. The summed E-state index contributed by atoms with van der Waals surface area (Å²) in [6, 6.07) is 15.5. The van der Waals surface area contributed by atoms with E-state index in [0.29, 0.717) is 6.42 Å². The Morgan fingerprint density at radius 3 is 2.58 bits per heavy atom. The normalized spacial score (nSPS) is 25.4. The molecular weight excluding hydrogens is 410 g/mol. The smallest absolute Gasteiger partial charge is 0.249 e. The van der Waals surface area contributed by atoms with Gasteiger partial charge < -0.3 is 4.90 Å². The van der Waals surface area contributed by atoms with E-state index in [1.54, 1.807) is 0 Å². The van der Waals surface area contributed by atoms with Crippen molar-refractivity contribution in [1.82, 2.24) is 14.6 Å². The quantitative estimate of drug-likeness (QED) is 0.745. The van der Waals surface area contributed by atoms with Crippen LogP contribution in [0, 0.1) is 0 Å². The Labute approximate surface area is 184 Å². The molecule has 2 N–H and O–H groups in total. The molecule has 6 nitrogen and oxygen atoms in total. The number of pyridine rings is 1. The lowest BCUT2D eigenvalue weighted by molar-refractivity contribution is -0.135. The molecule has 3 heterocycles. The van der Waals surface area contributed by atoms with E-state index >= 15 is 0 Å². The number of nitrogens with zero attached hydrogens (tertiary/aromatic N) is 2. The Morgan fingerprint density at radius 1 is 1.13 bits per heavy atom. The van der Waals surface area contributed by atoms with E-state index in [9.17, 15) is 13.6 Å². The number of rotatable bonds is 5. The van der Waals surface area contributed by atoms with E-state index in [1.807, 2.05) is 66.4 Å². The number of amides is 1. The highest BCUT2D eigenvalue weighted by atomic mass is 32.3. The summed E-state index contributed by atoms with van der Waals surface area (Å²) in [5.74, 6) is 0.0145. The van der Waals surface area contributed by atoms with Crippen LogP contribution in [0.1, 0.15) is 31.9 Å². The van der Waals surface area contributed by atoms with Gasteiger partial charge in [0.2, 0.25) is 5.91 Å². The van der Waals surface area contributed by atoms with Crippen molar-refractivity contribution in [2.24, 2.45) is 0 Å². The number of nitrogens with one attached hydrogen (secondary N) is 1. The Hall–Kier alpha value is -2.35. The number of fused-ring (bicyclic) bond motifs is 1. The summed E-state index contributed by atoms with van der Waals surface area (Å²) < 4.78 is 26.1. The fourth-order valence-electron chi connectivity index (χ4n) is 4.71. The Balaban J connectivity index is 1.68. The molecule has 1 saturated heterocycles. The van der Waals surface area contributed by atoms with E-state index in [1.165, 1.54) is 12.5 Å². The average molecular weight is 442 g/mol. The molecule has 2 aliphatic rings. The molecule has 0 bridgehead atoms. The van der Waals surface area contributed by atoms with Gasteiger partial charge in [-0.1, -0.05) is 42.5 Å². The van der Waals surface area contributed by atoms with Gasteiger partial charge in [0.25, 0.3) is 0 Å². The molecule has 1 aromatic carbocycles. The van der Waals surface area contributed by atoms with Gasteiger partial charge in [-0.3, -0.25) is 14.3 Å². The first-order valence-corrected chi connectivity index (χ1v) is 13.5. The van der Waals surface area contributed by atoms with Gasteiger partial charge in [-0.25, -0.2) is 4.72 Å². The highest BCUT2D eigenvalue weighted by Gasteiger charge is 2.43. The zero-order valence-corrected chi connectivity index (χ0v) is 19.1. The van der Waals surface area contributed by atoms with Crippen molar-refractivity contribution in [1.29, 1.82) is 0 Å². The number of benzene rings is 1. The van der Waals surface area contributed by atoms with Crippen molar-refractivity contribution in [2.45, 2.75) is 50.7 Å². The maximum absolute atomic E-state index is 13.1. The molecule has 1 fully saturated rings. The van der Waals surface area contributed by atoms with Gasteiger partial charge in [-0.15, -0.1) is 9.53 Å². The monoisotopic (exact) mass is 441 g/mol. The third-order valence-corrected chi connectivity index (χ3v) is 7.05. The van der Waals surface area contributed by atoms with Crippen molar-refractivity contribution >= 4 is 15.4 Å². The van der Waals surface area contributed by atoms with Gasteiger partial charge >= 0.3 is 0 Å². The number of aromatic nitrogens is 1. The summed E-state index contributed by atoms with van der Waals surface area (Å²) in [6.07, 6.45) is 7.58. The highest BCUT2D eigenvalue weighted by Crippen LogP contribution is 2.33. The minimum Gasteiger partial charge on any atom is -0.331 e. The molecule has 166 valence electrons. The molecule has 0 aliphatic carbocycles. The molecule has 2 aromatic rings. The standard InChI is InChI=1S/C24H31N3O3S/c1-17-12-13-20-14-15-22(26-31(2,3,29)30)23(27(20)24(17)28)16-19-10-7-11-21(25-19)18-8-5-4-6-9-18/h4-12,20,22-23H,13-16H2,1-3H3,(H2,26,29,30). The molecule has 0 spiro atoms. The molecule has 2 aliphatic heterocycles. The van der Waals surface area contributed by atoms with Crippen LogP contribution in [-0.2, 0) is 20.7 Å². The summed E-state index contributed by atoms with van der Waals surface area (Å²) in [7, 11) is -3.95. The number of carbonyl (C=O) groups is 1. The van der Waals surface area contributed by atoms with Gasteiger partial charge in [-0.2, -0.15) is 4.21 Å². The predicted molar refractivity (Wildman–Crippen MR) is 125 cm³/mol. The predicted octanol–water partition coefficient (Wildman–Crippen LogP) is 3.43. The molecule has 1 amide bonds. The minimum absolute atomic E-state index is 0.0145. The highest BCUT2D eigenvalue weighted by molar-refractivity contribution is 8.12. The van der Waals surface area contributed by atoms with Crippen molar-refractivity contribution < 1.29 is 13.6 Å². The third kappa shape index (κ3) is 5.11. The lowest BCUT2D eigenvalue weighted by atomic mass is 9.84. The third-order valence-electron chi connectivity index (χ3n) is 6.08. The minimum atomic E-state index is -3.95. The first kappa shape index (κ1) is 21.9. The Bertz CT molecular complexity index is 1070. The van der Waals surface area contributed by atoms with Crippen LogP contribution in [0.25, 0.3) is 11.3 Å². The molecule has 4 rings (SSSR count). The lowest BCUT2D eigenvalue weighted by Crippen LogP contribution is -2.65. The summed E-state index contributed by atoms with van der Waals surface area (Å²) in [6.45, 7) is 1.85. The van der Waals surface area contributed by atoms with Crippen LogP contribution in [0.2, 0.25) is 0 Å². The second-order valence-corrected chi connectivity index (χ2v) is 13.0. The van der Waals surface area contributed by atoms with Crippen molar-refractivity contribution in [3.8, 4) is 11.3 Å². The first-order chi connectivity index (χ1) is 14.6. The Kier molecular flexibility index (Phi) is 5.62. The summed E-state index contributed by atoms with van der Waals surface area (Å²) in [4.78, 5) is 19.9. The molecular formula is C24H31N3O3S. The first-order valence-electron chi connectivity index (χ1n) is 10.7. The van der Waals surface area contributed by atoms with E-state index in [0.717, 1.165) is 41.8 Å². The van der Waals surface area contributed by atoms with Crippen LogP contribution in [0.3, 0.4) is 0 Å². The molecule has 0 radical (unpaired) electrons. The SMILES string of the molecule is CC1=CCC2CCC(NS(C)(C)(=O)O)C(Cc3cccc(-c4ccccc4)n3)N2C1=O. The van der Waals surface area contributed by atoms with Crippen LogP contribution in [0.4, 0.5) is 0 Å². The zero-order valence-electron chi connectivity index (χ0n) is 18.3. The second kappa shape index (κ2) is 7.97. The van der Waals surface area contributed by atoms with Crippen molar-refractivity contribution in [3.05, 3.63) is 65.9 Å². The number of hydrogen-bond acceptors (Lipinski definition) is 3. The lowest BCUT2D eigenvalue weighted by Gasteiger charge is -2.51. The van der Waals surface area contributed by atoms with Gasteiger partial charge in [0, 0.05) is 47.8 Å². The molecule has 3 atom stereocenters. The fraction of sp³-hybridized carbons (Fsp3) is 0.417. The van der Waals surface area contributed by atoms with Crippen LogP contribution < -0.4 is 4.72 Å². The van der Waals surface area contributed by atoms with Gasteiger partial charge in [0.1, 0.15) is 0 Å². The zero-order chi connectivity index (χ0) is 22.2. The molecule has 7 heteroatoms. The van der Waals surface area contributed by atoms with Gasteiger partial charge in [0.05, 0.1) is 11.7 Å². The summed E-state index contributed by atoms with van der Waals surface area (Å²) in [5, 5.41) is 0. The molecule has 0 saturated carbocycles. The largest absolute Gasteiger partial charge is 0.331 e. The number of hydrogen-bond donors (Lipinski definition) is 2. The van der Waals surface area contributed by atoms with Gasteiger partial charge in [-0.05, 0) is 38.3 Å². The van der Waals surface area contributed by atoms with Crippen LogP contribution in [0.15, 0.2) is 60.2 Å². The molecule has 3 unspecified atom stereocenters. The van der Waals surface area contributed by atoms with Crippen LogP contribution >= 0.6 is 0 Å². The Morgan fingerprint density at radius 2 is 1.87 bits per heavy atom. The van der Waals surface area contributed by atoms with Gasteiger partial charge in [0.15, 0.2) is 0 Å². The van der Waals surface area contributed by atoms with E-state index in [4.69, 9.17) is 4.98 Å². The molecule has 31 heavy (non-hydrogen) atoms. The van der Waals surface area contributed by atoms with E-state index < -0.39 is 9.53 Å². The van der Waals surface area contributed by atoms with E-state index in [2.05, 4.69) is 4.72 Å². The average Bonchev–Trinajstić information content (AvgIpc) is 2.72. The summed E-state index contributed by atoms with van der Waals surface area (Å²) >= 11 is 0. The van der Waals surface area contributed by atoms with Crippen molar-refractivity contribution in [2.75, 3.05) is 12.5 Å². The topological polar surface area (TPSA) is 82.5 Å².